The fourth-order valence-electron chi connectivity index (χ4n) is 3.81. The average molecular weight is 415 g/mol. The fraction of sp³-hybridized carbons (Fsp3) is 0.286. The number of aromatic hydroxyl groups is 1. The highest BCUT2D eigenvalue weighted by atomic mass is 35.5. The number of aromatic nitrogens is 2. The molecule has 3 aromatic rings. The molecule has 0 bridgehead atoms. The number of amides is 1. The van der Waals surface area contributed by atoms with Gasteiger partial charge in [-0.15, -0.1) is 12.4 Å². The molecule has 0 spiro atoms. The van der Waals surface area contributed by atoms with Crippen LogP contribution in [0.2, 0.25) is 0 Å². The van der Waals surface area contributed by atoms with Crippen molar-refractivity contribution in [1.29, 1.82) is 0 Å². The van der Waals surface area contributed by atoms with Crippen LogP contribution in [0.4, 0.5) is 4.79 Å². The molecule has 29 heavy (non-hydrogen) atoms. The van der Waals surface area contributed by atoms with E-state index in [9.17, 15) is 15.0 Å². The second-order valence-corrected chi connectivity index (χ2v) is 7.15. The summed E-state index contributed by atoms with van der Waals surface area (Å²) >= 11 is 0. The summed E-state index contributed by atoms with van der Waals surface area (Å²) in [7, 11) is 1.59. The molecule has 1 amide bonds. The van der Waals surface area contributed by atoms with Crippen molar-refractivity contribution in [3.05, 3.63) is 53.7 Å². The maximum Gasteiger partial charge on any atom is 0.407 e. The van der Waals surface area contributed by atoms with E-state index >= 15 is 0 Å². The predicted molar refractivity (Wildman–Crippen MR) is 114 cm³/mol. The van der Waals surface area contributed by atoms with Crippen LogP contribution in [0.3, 0.4) is 0 Å². The molecule has 152 valence electrons. The number of fused-ring (bicyclic) bond motifs is 1. The number of likely N-dealkylation sites (N-methyl/N-ethyl adjacent to an activating group) is 1. The van der Waals surface area contributed by atoms with E-state index in [0.29, 0.717) is 24.4 Å². The highest BCUT2D eigenvalue weighted by Crippen LogP contribution is 2.34. The lowest BCUT2D eigenvalue weighted by Crippen LogP contribution is -2.39. The van der Waals surface area contributed by atoms with E-state index < -0.39 is 6.09 Å². The van der Waals surface area contributed by atoms with Gasteiger partial charge in [0.2, 0.25) is 0 Å². The molecule has 2 aromatic carbocycles. The number of hydrogen-bond donors (Lipinski definition) is 3. The smallest absolute Gasteiger partial charge is 0.407 e. The number of halogens is 1. The van der Waals surface area contributed by atoms with Gasteiger partial charge in [0.1, 0.15) is 5.75 Å². The summed E-state index contributed by atoms with van der Waals surface area (Å²) in [5.41, 5.74) is 3.14. The number of phenols is 1. The van der Waals surface area contributed by atoms with Gasteiger partial charge in [-0.3, -0.25) is 0 Å². The van der Waals surface area contributed by atoms with Crippen LogP contribution in [0, 0.1) is 6.92 Å². The molecule has 1 fully saturated rings. The largest absolute Gasteiger partial charge is 0.507 e. The molecule has 8 heteroatoms. The molecule has 2 atom stereocenters. The topological polar surface area (TPSA) is 98.6 Å². The first kappa shape index (κ1) is 20.8. The van der Waals surface area contributed by atoms with Gasteiger partial charge in [-0.1, -0.05) is 24.3 Å². The Labute approximate surface area is 174 Å². The lowest BCUT2D eigenvalue weighted by molar-refractivity contribution is 0.134. The van der Waals surface area contributed by atoms with Gasteiger partial charge in [0, 0.05) is 12.4 Å². The van der Waals surface area contributed by atoms with Gasteiger partial charge in [0.15, 0.2) is 5.82 Å². The van der Waals surface area contributed by atoms with Crippen molar-refractivity contribution >= 4 is 29.4 Å². The summed E-state index contributed by atoms with van der Waals surface area (Å²) in [6.07, 6.45) is -0.259. The third kappa shape index (κ3) is 3.83. The van der Waals surface area contributed by atoms with Crippen LogP contribution >= 0.6 is 12.4 Å². The molecule has 3 N–H and O–H groups in total. The monoisotopic (exact) mass is 414 g/mol. The SMILES string of the molecule is Cc1ccc2c([C@H]3NCCC3N(C)C(=O)O)nc(-c3ccccc3O)nc2c1.Cl. The van der Waals surface area contributed by atoms with E-state index in [1.165, 1.54) is 4.90 Å². The number of nitrogens with one attached hydrogen (secondary N) is 1. The quantitative estimate of drug-likeness (QED) is 0.603. The lowest BCUT2D eigenvalue weighted by Gasteiger charge is -2.27. The molecule has 2 heterocycles. The summed E-state index contributed by atoms with van der Waals surface area (Å²) in [5.74, 6) is 0.538. The summed E-state index contributed by atoms with van der Waals surface area (Å²) < 4.78 is 0. The maximum absolute atomic E-state index is 11.5. The van der Waals surface area contributed by atoms with Crippen LogP contribution in [0.25, 0.3) is 22.3 Å². The zero-order valence-corrected chi connectivity index (χ0v) is 17.0. The maximum atomic E-state index is 11.5. The van der Waals surface area contributed by atoms with Crippen molar-refractivity contribution in [1.82, 2.24) is 20.2 Å². The molecule has 1 aliphatic heterocycles. The minimum absolute atomic E-state index is 0. The number of aryl methyl sites for hydroxylation is 1. The first-order valence-corrected chi connectivity index (χ1v) is 9.21. The Balaban J connectivity index is 0.00000240. The highest BCUT2D eigenvalue weighted by Gasteiger charge is 2.36. The minimum Gasteiger partial charge on any atom is -0.507 e. The number of nitrogens with zero attached hydrogens (tertiary/aromatic N) is 3. The number of benzene rings is 2. The Morgan fingerprint density at radius 1 is 1.21 bits per heavy atom. The van der Waals surface area contributed by atoms with E-state index in [-0.39, 0.29) is 30.2 Å². The number of para-hydroxylation sites is 1. The van der Waals surface area contributed by atoms with E-state index in [2.05, 4.69) is 10.3 Å². The van der Waals surface area contributed by atoms with E-state index in [4.69, 9.17) is 4.98 Å². The van der Waals surface area contributed by atoms with E-state index in [1.807, 2.05) is 31.2 Å². The minimum atomic E-state index is -0.964. The average Bonchev–Trinajstić information content (AvgIpc) is 3.16. The number of rotatable bonds is 3. The number of carboxylic acid groups (broad SMARTS) is 1. The van der Waals surface area contributed by atoms with Gasteiger partial charge < -0.3 is 20.4 Å². The Kier molecular flexibility index (Phi) is 5.91. The summed E-state index contributed by atoms with van der Waals surface area (Å²) in [5, 5.41) is 24.0. The number of hydrogen-bond acceptors (Lipinski definition) is 5. The van der Waals surface area contributed by atoms with Gasteiger partial charge in [-0.2, -0.15) is 0 Å². The van der Waals surface area contributed by atoms with Crippen LogP contribution in [0.1, 0.15) is 23.7 Å². The first-order chi connectivity index (χ1) is 13.5. The summed E-state index contributed by atoms with van der Waals surface area (Å²) in [6, 6.07) is 12.4. The van der Waals surface area contributed by atoms with Crippen LogP contribution in [0.5, 0.6) is 5.75 Å². The van der Waals surface area contributed by atoms with Gasteiger partial charge in [0.25, 0.3) is 0 Å². The van der Waals surface area contributed by atoms with Crippen LogP contribution in [-0.4, -0.2) is 50.8 Å². The zero-order chi connectivity index (χ0) is 19.8. The number of carbonyl (C=O) groups is 1. The molecule has 1 saturated heterocycles. The molecule has 7 nitrogen and oxygen atoms in total. The Morgan fingerprint density at radius 2 is 1.97 bits per heavy atom. The molecular formula is C21H23ClN4O3. The van der Waals surface area contributed by atoms with Gasteiger partial charge >= 0.3 is 6.09 Å². The third-order valence-corrected chi connectivity index (χ3v) is 5.31. The zero-order valence-electron chi connectivity index (χ0n) is 16.2. The Hall–Kier alpha value is -2.90. The summed E-state index contributed by atoms with van der Waals surface area (Å²) in [4.78, 5) is 22.3. The molecule has 0 radical (unpaired) electrons. The Morgan fingerprint density at radius 3 is 2.69 bits per heavy atom. The van der Waals surface area contributed by atoms with Crippen molar-refractivity contribution in [2.75, 3.05) is 13.6 Å². The Bertz CT molecular complexity index is 1060. The fourth-order valence-corrected chi connectivity index (χ4v) is 3.81. The van der Waals surface area contributed by atoms with Crippen molar-refractivity contribution in [2.24, 2.45) is 0 Å². The normalized spacial score (nSPS) is 18.4. The van der Waals surface area contributed by atoms with Gasteiger partial charge in [-0.05, 0) is 43.7 Å². The lowest BCUT2D eigenvalue weighted by atomic mass is 10.00. The van der Waals surface area contributed by atoms with Gasteiger partial charge in [0.05, 0.1) is 28.9 Å². The van der Waals surface area contributed by atoms with Crippen LogP contribution in [0.15, 0.2) is 42.5 Å². The van der Waals surface area contributed by atoms with E-state index in [1.54, 1.807) is 25.2 Å². The summed E-state index contributed by atoms with van der Waals surface area (Å²) in [6.45, 7) is 2.70. The van der Waals surface area contributed by atoms with Crippen molar-refractivity contribution in [2.45, 2.75) is 25.4 Å². The van der Waals surface area contributed by atoms with Crippen molar-refractivity contribution in [3.63, 3.8) is 0 Å². The molecule has 0 saturated carbocycles. The van der Waals surface area contributed by atoms with Crippen LogP contribution < -0.4 is 5.32 Å². The van der Waals surface area contributed by atoms with Gasteiger partial charge in [-0.25, -0.2) is 14.8 Å². The number of phenolic OH excluding ortho intramolecular Hbond substituents is 1. The molecule has 1 aromatic heterocycles. The molecule has 4 rings (SSSR count). The molecule has 1 aliphatic rings. The van der Waals surface area contributed by atoms with E-state index in [0.717, 1.165) is 22.2 Å². The van der Waals surface area contributed by atoms with Crippen molar-refractivity contribution < 1.29 is 15.0 Å². The molecular weight excluding hydrogens is 392 g/mol. The molecule has 1 unspecified atom stereocenters. The van der Waals surface area contributed by atoms with Crippen molar-refractivity contribution in [3.8, 4) is 17.1 Å². The standard InChI is InChI=1S/C21H22N4O3.ClH/c1-12-7-8-13-15(11-12)23-20(14-5-3-4-6-17(14)26)24-18(13)19-16(9-10-22-19)25(2)21(27)28;/h3-8,11,16,19,22,26H,9-10H2,1-2H3,(H,27,28);1H/t16?,19-;/m0./s1. The predicted octanol–water partition coefficient (Wildman–Crippen LogP) is 3.75. The molecule has 0 aliphatic carbocycles. The van der Waals surface area contributed by atoms with Crippen LogP contribution in [-0.2, 0) is 0 Å². The third-order valence-electron chi connectivity index (χ3n) is 5.31. The second-order valence-electron chi connectivity index (χ2n) is 7.15. The highest BCUT2D eigenvalue weighted by molar-refractivity contribution is 5.85. The first-order valence-electron chi connectivity index (χ1n) is 9.21. The second kappa shape index (κ2) is 8.23.